The van der Waals surface area contributed by atoms with Crippen LogP contribution in [-0.4, -0.2) is 30.1 Å². The molecule has 0 amide bonds. The monoisotopic (exact) mass is 186 g/mol. The summed E-state index contributed by atoms with van der Waals surface area (Å²) in [6.45, 7) is 5.39. The first-order valence-corrected chi connectivity index (χ1v) is 4.52. The Kier molecular flexibility index (Phi) is 1.94. The highest BCUT2D eigenvalue weighted by atomic mass is 16.8. The van der Waals surface area contributed by atoms with Crippen LogP contribution in [0.1, 0.15) is 27.2 Å². The van der Waals surface area contributed by atoms with Crippen LogP contribution in [0.2, 0.25) is 0 Å². The van der Waals surface area contributed by atoms with Crippen molar-refractivity contribution < 1.29 is 19.0 Å². The summed E-state index contributed by atoms with van der Waals surface area (Å²) in [6, 6.07) is 0. The molecule has 2 heterocycles. The van der Waals surface area contributed by atoms with Gasteiger partial charge in [-0.05, 0) is 20.8 Å². The number of hydrogen-bond donors (Lipinski definition) is 0. The molecule has 0 aliphatic carbocycles. The van der Waals surface area contributed by atoms with E-state index in [-0.39, 0.29) is 24.3 Å². The second-order valence-corrected chi connectivity index (χ2v) is 3.99. The standard InChI is InChI=1S/C9H14O4/c1-5-6(10)4-7-8(11-5)13-9(2,3)12-7/h5,7-8H,4H2,1-3H3. The van der Waals surface area contributed by atoms with Crippen LogP contribution < -0.4 is 0 Å². The molecule has 0 aromatic rings. The smallest absolute Gasteiger partial charge is 0.188 e. The van der Waals surface area contributed by atoms with E-state index in [1.807, 2.05) is 13.8 Å². The van der Waals surface area contributed by atoms with Crippen molar-refractivity contribution in [2.45, 2.75) is 51.5 Å². The molecule has 0 saturated carbocycles. The molecule has 2 fully saturated rings. The molecule has 0 N–H and O–H groups in total. The van der Waals surface area contributed by atoms with Crippen molar-refractivity contribution in [3.63, 3.8) is 0 Å². The molecular weight excluding hydrogens is 172 g/mol. The average Bonchev–Trinajstić information content (AvgIpc) is 2.24. The van der Waals surface area contributed by atoms with Crippen LogP contribution in [-0.2, 0) is 19.0 Å². The van der Waals surface area contributed by atoms with Crippen molar-refractivity contribution in [3.05, 3.63) is 0 Å². The van der Waals surface area contributed by atoms with Gasteiger partial charge in [0.25, 0.3) is 0 Å². The van der Waals surface area contributed by atoms with Gasteiger partial charge in [-0.2, -0.15) is 0 Å². The Labute approximate surface area is 77.1 Å². The Morgan fingerprint density at radius 3 is 2.77 bits per heavy atom. The molecule has 3 atom stereocenters. The highest BCUT2D eigenvalue weighted by Crippen LogP contribution is 2.34. The largest absolute Gasteiger partial charge is 0.341 e. The zero-order chi connectivity index (χ0) is 9.64. The van der Waals surface area contributed by atoms with Gasteiger partial charge in [0.1, 0.15) is 12.2 Å². The van der Waals surface area contributed by atoms with Crippen LogP contribution >= 0.6 is 0 Å². The Morgan fingerprint density at radius 2 is 2.08 bits per heavy atom. The fourth-order valence-corrected chi connectivity index (χ4v) is 1.70. The van der Waals surface area contributed by atoms with Crippen molar-refractivity contribution in [1.29, 1.82) is 0 Å². The van der Waals surface area contributed by atoms with Gasteiger partial charge in [0.05, 0.1) is 0 Å². The van der Waals surface area contributed by atoms with Crippen LogP contribution in [0.25, 0.3) is 0 Å². The van der Waals surface area contributed by atoms with E-state index in [1.54, 1.807) is 6.92 Å². The average molecular weight is 186 g/mol. The molecular formula is C9H14O4. The molecule has 2 aliphatic heterocycles. The Balaban J connectivity index is 2.10. The zero-order valence-corrected chi connectivity index (χ0v) is 8.07. The van der Waals surface area contributed by atoms with Crippen molar-refractivity contribution in [3.8, 4) is 0 Å². The van der Waals surface area contributed by atoms with E-state index in [9.17, 15) is 4.79 Å². The van der Waals surface area contributed by atoms with Crippen LogP contribution in [0.3, 0.4) is 0 Å². The van der Waals surface area contributed by atoms with Crippen molar-refractivity contribution in [2.24, 2.45) is 0 Å². The minimum Gasteiger partial charge on any atom is -0.341 e. The maximum atomic E-state index is 11.3. The van der Waals surface area contributed by atoms with E-state index in [2.05, 4.69) is 0 Å². The number of Topliss-reactive ketones (excluding diaryl/α,β-unsaturated/α-hetero) is 1. The van der Waals surface area contributed by atoms with Crippen LogP contribution in [0, 0.1) is 0 Å². The third-order valence-electron chi connectivity index (χ3n) is 2.33. The molecule has 74 valence electrons. The molecule has 2 saturated heterocycles. The summed E-state index contributed by atoms with van der Waals surface area (Å²) < 4.78 is 16.3. The normalized spacial score (nSPS) is 43.3. The molecule has 0 bridgehead atoms. The minimum atomic E-state index is -0.625. The van der Waals surface area contributed by atoms with E-state index in [0.717, 1.165) is 0 Å². The van der Waals surface area contributed by atoms with Gasteiger partial charge < -0.3 is 14.2 Å². The Morgan fingerprint density at radius 1 is 1.38 bits per heavy atom. The summed E-state index contributed by atoms with van der Waals surface area (Å²) in [5.41, 5.74) is 0. The third-order valence-corrected chi connectivity index (χ3v) is 2.33. The zero-order valence-electron chi connectivity index (χ0n) is 8.07. The predicted molar refractivity (Wildman–Crippen MR) is 44.0 cm³/mol. The lowest BCUT2D eigenvalue weighted by Gasteiger charge is -2.26. The molecule has 2 aliphatic rings. The number of ketones is 1. The van der Waals surface area contributed by atoms with E-state index in [0.29, 0.717) is 6.42 Å². The predicted octanol–water partition coefficient (Wildman–Crippen LogP) is 0.842. The highest BCUT2D eigenvalue weighted by Gasteiger charge is 2.47. The molecule has 0 spiro atoms. The summed E-state index contributed by atoms with van der Waals surface area (Å²) in [4.78, 5) is 11.3. The first kappa shape index (κ1) is 9.12. The fourth-order valence-electron chi connectivity index (χ4n) is 1.70. The first-order valence-electron chi connectivity index (χ1n) is 4.52. The van der Waals surface area contributed by atoms with Crippen LogP contribution in [0.15, 0.2) is 0 Å². The Bertz CT molecular complexity index is 236. The number of ether oxygens (including phenoxy) is 3. The molecule has 0 radical (unpaired) electrons. The lowest BCUT2D eigenvalue weighted by Crippen LogP contribution is -2.41. The number of carbonyl (C=O) groups is 1. The van der Waals surface area contributed by atoms with Gasteiger partial charge in [-0.3, -0.25) is 4.79 Å². The van der Waals surface area contributed by atoms with Gasteiger partial charge >= 0.3 is 0 Å². The van der Waals surface area contributed by atoms with Gasteiger partial charge in [0, 0.05) is 6.42 Å². The summed E-state index contributed by atoms with van der Waals surface area (Å²) >= 11 is 0. The van der Waals surface area contributed by atoms with Gasteiger partial charge in [-0.15, -0.1) is 0 Å². The molecule has 0 aromatic heterocycles. The van der Waals surface area contributed by atoms with Gasteiger partial charge in [0.15, 0.2) is 17.9 Å². The number of fused-ring (bicyclic) bond motifs is 1. The van der Waals surface area contributed by atoms with Crippen LogP contribution in [0.5, 0.6) is 0 Å². The van der Waals surface area contributed by atoms with Crippen molar-refractivity contribution in [2.75, 3.05) is 0 Å². The lowest BCUT2D eigenvalue weighted by atomic mass is 10.1. The van der Waals surface area contributed by atoms with Crippen LogP contribution in [0.4, 0.5) is 0 Å². The minimum absolute atomic E-state index is 0.0857. The van der Waals surface area contributed by atoms with Crippen molar-refractivity contribution >= 4 is 5.78 Å². The Hall–Kier alpha value is -0.450. The summed E-state index contributed by atoms with van der Waals surface area (Å²) in [5, 5.41) is 0. The van der Waals surface area contributed by atoms with E-state index < -0.39 is 5.79 Å². The van der Waals surface area contributed by atoms with E-state index in [4.69, 9.17) is 14.2 Å². The van der Waals surface area contributed by atoms with E-state index >= 15 is 0 Å². The molecule has 0 aromatic carbocycles. The lowest BCUT2D eigenvalue weighted by molar-refractivity contribution is -0.206. The SMILES string of the molecule is CC1OC2OC(C)(C)OC2CC1=O. The number of carbonyl (C=O) groups excluding carboxylic acids is 1. The summed E-state index contributed by atoms with van der Waals surface area (Å²) in [6.07, 6.45) is -0.560. The second kappa shape index (κ2) is 2.77. The third kappa shape index (κ3) is 1.61. The second-order valence-electron chi connectivity index (χ2n) is 3.99. The van der Waals surface area contributed by atoms with Gasteiger partial charge in [-0.25, -0.2) is 0 Å². The molecule has 2 rings (SSSR count). The molecule has 13 heavy (non-hydrogen) atoms. The summed E-state index contributed by atoms with van der Waals surface area (Å²) in [7, 11) is 0. The highest BCUT2D eigenvalue weighted by molar-refractivity contribution is 5.83. The maximum Gasteiger partial charge on any atom is 0.188 e. The molecule has 4 heteroatoms. The first-order chi connectivity index (χ1) is 5.98. The number of rotatable bonds is 0. The van der Waals surface area contributed by atoms with Gasteiger partial charge in [-0.1, -0.05) is 0 Å². The summed E-state index contributed by atoms with van der Waals surface area (Å²) in [5.74, 6) is -0.540. The van der Waals surface area contributed by atoms with Crippen molar-refractivity contribution in [1.82, 2.24) is 0 Å². The van der Waals surface area contributed by atoms with E-state index in [1.165, 1.54) is 0 Å². The fraction of sp³-hybridized carbons (Fsp3) is 0.889. The molecule has 4 nitrogen and oxygen atoms in total. The molecule has 3 unspecified atom stereocenters. The maximum absolute atomic E-state index is 11.3. The number of hydrogen-bond acceptors (Lipinski definition) is 4. The van der Waals surface area contributed by atoms with Gasteiger partial charge in [0.2, 0.25) is 0 Å². The topological polar surface area (TPSA) is 44.8 Å². The quantitative estimate of drug-likeness (QED) is 0.562.